The second kappa shape index (κ2) is 9.60. The van der Waals surface area contributed by atoms with Crippen molar-refractivity contribution in [3.8, 4) is 11.5 Å². The van der Waals surface area contributed by atoms with Gasteiger partial charge in [-0.1, -0.05) is 17.7 Å². The van der Waals surface area contributed by atoms with E-state index in [1.807, 2.05) is 16.8 Å². The van der Waals surface area contributed by atoms with Crippen LogP contribution in [0.15, 0.2) is 61.1 Å². The number of rotatable bonds is 8. The van der Waals surface area contributed by atoms with Crippen molar-refractivity contribution in [1.82, 2.24) is 14.5 Å². The summed E-state index contributed by atoms with van der Waals surface area (Å²) >= 11 is 6.32. The van der Waals surface area contributed by atoms with E-state index >= 15 is 0 Å². The van der Waals surface area contributed by atoms with Gasteiger partial charge in [-0.15, -0.1) is 0 Å². The van der Waals surface area contributed by atoms with Crippen molar-refractivity contribution in [1.29, 1.82) is 0 Å². The van der Waals surface area contributed by atoms with Gasteiger partial charge in [0.15, 0.2) is 5.82 Å². The van der Waals surface area contributed by atoms with E-state index in [0.29, 0.717) is 35.5 Å². The Morgan fingerprint density at radius 2 is 1.97 bits per heavy atom. The van der Waals surface area contributed by atoms with E-state index in [1.54, 1.807) is 12.1 Å². The number of alkyl halides is 3. The highest BCUT2D eigenvalue weighted by molar-refractivity contribution is 6.32. The lowest BCUT2D eigenvalue weighted by Gasteiger charge is -2.13. The van der Waals surface area contributed by atoms with Gasteiger partial charge in [-0.25, -0.2) is 9.97 Å². The van der Waals surface area contributed by atoms with Crippen LogP contribution in [-0.2, 0) is 17.5 Å². The van der Waals surface area contributed by atoms with Crippen molar-refractivity contribution in [2.45, 2.75) is 25.6 Å². The van der Waals surface area contributed by atoms with Crippen molar-refractivity contribution in [3.05, 3.63) is 71.6 Å². The quantitative estimate of drug-likeness (QED) is 0.293. The maximum atomic E-state index is 12.9. The van der Waals surface area contributed by atoms with Crippen LogP contribution < -0.4 is 10.1 Å². The van der Waals surface area contributed by atoms with Crippen molar-refractivity contribution in [2.75, 3.05) is 5.32 Å². The molecule has 4 rings (SSSR count). The monoisotopic (exact) mass is 490 g/mol. The number of hydrogen-bond acceptors (Lipinski definition) is 5. The number of fused-ring (bicyclic) bond motifs is 1. The molecule has 0 atom stereocenters. The van der Waals surface area contributed by atoms with Gasteiger partial charge in [0.1, 0.15) is 23.3 Å². The molecule has 34 heavy (non-hydrogen) atoms. The van der Waals surface area contributed by atoms with Gasteiger partial charge in [-0.05, 0) is 48.9 Å². The second-order valence-electron chi connectivity index (χ2n) is 7.36. The summed E-state index contributed by atoms with van der Waals surface area (Å²) in [5.74, 6) is -0.174. The van der Waals surface area contributed by atoms with Crippen molar-refractivity contribution in [3.63, 3.8) is 0 Å². The number of carboxylic acids is 1. The maximum absolute atomic E-state index is 12.9. The molecule has 0 saturated heterocycles. The lowest BCUT2D eigenvalue weighted by Crippen LogP contribution is -2.04. The molecule has 0 radical (unpaired) electrons. The highest BCUT2D eigenvalue weighted by Gasteiger charge is 2.30. The number of anilines is 2. The molecule has 0 aliphatic rings. The molecule has 0 fully saturated rings. The first-order chi connectivity index (χ1) is 16.2. The van der Waals surface area contributed by atoms with E-state index in [4.69, 9.17) is 21.4 Å². The summed E-state index contributed by atoms with van der Waals surface area (Å²) in [6.07, 6.45) is -0.782. The number of aromatic nitrogens is 3. The highest BCUT2D eigenvalue weighted by atomic mass is 35.5. The second-order valence-corrected chi connectivity index (χ2v) is 7.77. The fourth-order valence-electron chi connectivity index (χ4n) is 3.37. The van der Waals surface area contributed by atoms with Crippen LogP contribution in [0.4, 0.5) is 24.7 Å². The van der Waals surface area contributed by atoms with Gasteiger partial charge in [0.2, 0.25) is 0 Å². The van der Waals surface area contributed by atoms with Gasteiger partial charge < -0.3 is 19.7 Å². The van der Waals surface area contributed by atoms with Crippen LogP contribution in [0.25, 0.3) is 11.0 Å². The average Bonchev–Trinajstić information content (AvgIpc) is 3.19. The van der Waals surface area contributed by atoms with E-state index < -0.39 is 17.7 Å². The van der Waals surface area contributed by atoms with Crippen LogP contribution >= 0.6 is 11.6 Å². The minimum absolute atomic E-state index is 0.00845. The maximum Gasteiger partial charge on any atom is 0.416 e. The molecule has 2 aromatic carbocycles. The third-order valence-electron chi connectivity index (χ3n) is 4.92. The molecule has 0 aliphatic heterocycles. The normalized spacial score (nSPS) is 11.5. The Hall–Kier alpha value is -3.79. The average molecular weight is 491 g/mol. The predicted octanol–water partition coefficient (Wildman–Crippen LogP) is 6.50. The number of carbonyl (C=O) groups is 1. The molecule has 176 valence electrons. The number of carboxylic acid groups (broad SMARTS) is 1. The fraction of sp³-hybridized carbons (Fsp3) is 0.174. The lowest BCUT2D eigenvalue weighted by molar-refractivity contribution is -0.138. The Balaban J connectivity index is 1.54. The molecule has 0 bridgehead atoms. The Morgan fingerprint density at radius 1 is 1.15 bits per heavy atom. The number of hydrogen-bond donors (Lipinski definition) is 2. The third kappa shape index (κ3) is 5.40. The van der Waals surface area contributed by atoms with E-state index in [9.17, 15) is 18.0 Å². The fourth-order valence-corrected chi connectivity index (χ4v) is 3.59. The summed E-state index contributed by atoms with van der Waals surface area (Å²) in [6, 6.07) is 11.1. The number of aliphatic carboxylic acids is 1. The highest BCUT2D eigenvalue weighted by Crippen LogP contribution is 2.36. The minimum atomic E-state index is -4.48. The molecule has 7 nitrogen and oxygen atoms in total. The zero-order valence-corrected chi connectivity index (χ0v) is 18.3. The topological polar surface area (TPSA) is 89.3 Å². The number of aryl methyl sites for hydroxylation is 1. The predicted molar refractivity (Wildman–Crippen MR) is 121 cm³/mol. The van der Waals surface area contributed by atoms with Gasteiger partial charge in [0.25, 0.3) is 0 Å². The zero-order valence-electron chi connectivity index (χ0n) is 17.5. The van der Waals surface area contributed by atoms with Gasteiger partial charge in [-0.3, -0.25) is 4.79 Å². The van der Waals surface area contributed by atoms with Crippen LogP contribution in [-0.4, -0.2) is 25.6 Å². The number of ether oxygens (including phenoxy) is 1. The van der Waals surface area contributed by atoms with Gasteiger partial charge in [-0.2, -0.15) is 13.2 Å². The zero-order chi connectivity index (χ0) is 24.3. The molecule has 2 heterocycles. The third-order valence-corrected chi connectivity index (χ3v) is 5.22. The number of benzene rings is 2. The van der Waals surface area contributed by atoms with E-state index in [0.717, 1.165) is 12.1 Å². The molecule has 2 N–H and O–H groups in total. The Bertz CT molecular complexity index is 1340. The summed E-state index contributed by atoms with van der Waals surface area (Å²) in [6.45, 7) is 0.475. The van der Waals surface area contributed by atoms with Gasteiger partial charge in [0.05, 0.1) is 16.1 Å². The standard InChI is InChI=1S/C23H18ClF3N4O3/c24-17-12-15(6-7-19(17)34-16-4-1-3-14(11-16)23(25,26)27)30-22-21-18(28-13-29-22)8-10-31(21)9-2-5-20(32)33/h1,3-4,6-8,10-13H,2,5,9H2,(H,32,33)(H,28,29,30). The molecule has 0 aliphatic carbocycles. The summed E-state index contributed by atoms with van der Waals surface area (Å²) in [7, 11) is 0. The molecule has 0 unspecified atom stereocenters. The number of halogens is 4. The largest absolute Gasteiger partial charge is 0.481 e. The number of nitrogens with zero attached hydrogens (tertiary/aromatic N) is 3. The molecular formula is C23H18ClF3N4O3. The first kappa shape index (κ1) is 23.4. The summed E-state index contributed by atoms with van der Waals surface area (Å²) in [5.41, 5.74) is 1.13. The smallest absolute Gasteiger partial charge is 0.416 e. The molecule has 0 saturated carbocycles. The first-order valence-corrected chi connectivity index (χ1v) is 10.5. The van der Waals surface area contributed by atoms with Gasteiger partial charge in [0, 0.05) is 24.8 Å². The minimum Gasteiger partial charge on any atom is -0.481 e. The molecule has 4 aromatic rings. The number of nitrogens with one attached hydrogen (secondary N) is 1. The Morgan fingerprint density at radius 3 is 2.71 bits per heavy atom. The molecule has 11 heteroatoms. The SMILES string of the molecule is O=C(O)CCCn1ccc2ncnc(Nc3ccc(Oc4cccc(C(F)(F)F)c4)c(Cl)c3)c21. The van der Waals surface area contributed by atoms with Gasteiger partial charge >= 0.3 is 12.1 Å². The van der Waals surface area contributed by atoms with Crippen LogP contribution in [0, 0.1) is 0 Å². The van der Waals surface area contributed by atoms with Crippen LogP contribution in [0.2, 0.25) is 5.02 Å². The summed E-state index contributed by atoms with van der Waals surface area (Å²) in [5, 5.41) is 12.2. The molecule has 0 spiro atoms. The molecular weight excluding hydrogens is 473 g/mol. The Labute approximate surface area is 196 Å². The van der Waals surface area contributed by atoms with E-state index in [2.05, 4.69) is 15.3 Å². The Kier molecular flexibility index (Phi) is 6.60. The van der Waals surface area contributed by atoms with Crippen molar-refractivity contribution in [2.24, 2.45) is 0 Å². The van der Waals surface area contributed by atoms with Crippen LogP contribution in [0.3, 0.4) is 0 Å². The summed E-state index contributed by atoms with van der Waals surface area (Å²) < 4.78 is 46.2. The molecule has 0 amide bonds. The van der Waals surface area contributed by atoms with E-state index in [-0.39, 0.29) is 22.9 Å². The van der Waals surface area contributed by atoms with Crippen molar-refractivity contribution < 1.29 is 27.8 Å². The first-order valence-electron chi connectivity index (χ1n) is 10.1. The van der Waals surface area contributed by atoms with Crippen LogP contribution in [0.5, 0.6) is 11.5 Å². The lowest BCUT2D eigenvalue weighted by atomic mass is 10.2. The van der Waals surface area contributed by atoms with Crippen molar-refractivity contribution >= 4 is 40.1 Å². The summed E-state index contributed by atoms with van der Waals surface area (Å²) in [4.78, 5) is 19.3. The van der Waals surface area contributed by atoms with E-state index in [1.165, 1.54) is 24.5 Å². The van der Waals surface area contributed by atoms with Crippen LogP contribution in [0.1, 0.15) is 18.4 Å². The molecule has 2 aromatic heterocycles.